The van der Waals surface area contributed by atoms with Crippen LogP contribution in [0.25, 0.3) is 0 Å². The van der Waals surface area contributed by atoms with E-state index >= 15 is 0 Å². The second-order valence-corrected chi connectivity index (χ2v) is 5.55. The second kappa shape index (κ2) is 4.22. The Morgan fingerprint density at radius 3 is 2.65 bits per heavy atom. The van der Waals surface area contributed by atoms with Crippen molar-refractivity contribution in [1.82, 2.24) is 0 Å². The van der Waals surface area contributed by atoms with Gasteiger partial charge in [-0.2, -0.15) is 0 Å². The monoisotopic (exact) mass is 234 g/mol. The normalized spacial score (nSPS) is 26.4. The van der Waals surface area contributed by atoms with E-state index in [1.807, 2.05) is 12.1 Å². The van der Waals surface area contributed by atoms with E-state index in [0.717, 1.165) is 12.1 Å². The lowest BCUT2D eigenvalue weighted by Crippen LogP contribution is -2.57. The summed E-state index contributed by atoms with van der Waals surface area (Å²) >= 11 is 0. The molecule has 17 heavy (non-hydrogen) atoms. The lowest BCUT2D eigenvalue weighted by atomic mass is 9.64. The minimum Gasteiger partial charge on any atom is -0.399 e. The van der Waals surface area contributed by atoms with Crippen molar-refractivity contribution in [2.24, 2.45) is 5.41 Å². The van der Waals surface area contributed by atoms with Gasteiger partial charge in [-0.05, 0) is 37.1 Å². The van der Waals surface area contributed by atoms with Crippen LogP contribution in [-0.4, -0.2) is 19.3 Å². The van der Waals surface area contributed by atoms with Crippen molar-refractivity contribution in [3.8, 4) is 0 Å². The fraction of sp³-hybridized carbons (Fsp3) is 0.571. The molecule has 1 aromatic rings. The molecule has 1 aliphatic rings. The van der Waals surface area contributed by atoms with Gasteiger partial charge in [-0.1, -0.05) is 13.8 Å². The van der Waals surface area contributed by atoms with Crippen LogP contribution in [0.1, 0.15) is 25.8 Å². The van der Waals surface area contributed by atoms with Gasteiger partial charge < -0.3 is 15.8 Å². The zero-order chi connectivity index (χ0) is 12.6. The Labute approximate surface area is 103 Å². The van der Waals surface area contributed by atoms with E-state index < -0.39 is 0 Å². The van der Waals surface area contributed by atoms with Gasteiger partial charge in [0, 0.05) is 29.9 Å². The van der Waals surface area contributed by atoms with Crippen LogP contribution in [0.4, 0.5) is 11.4 Å². The standard InChI is InChI=1S/C14H22N2O/c1-9-7-10(15)5-6-11(9)16-12-8-13(17-4)14(12,2)3/h5-7,12-13,16H,8,15H2,1-4H3. The van der Waals surface area contributed by atoms with Gasteiger partial charge in [-0.15, -0.1) is 0 Å². The molecule has 3 heteroatoms. The Bertz CT molecular complexity index is 415. The highest BCUT2D eigenvalue weighted by Gasteiger charge is 2.48. The highest BCUT2D eigenvalue weighted by atomic mass is 16.5. The molecule has 0 aliphatic heterocycles. The molecule has 2 atom stereocenters. The van der Waals surface area contributed by atoms with Crippen molar-refractivity contribution in [3.63, 3.8) is 0 Å². The predicted octanol–water partition coefficient (Wildman–Crippen LogP) is 2.80. The maximum absolute atomic E-state index is 5.75. The van der Waals surface area contributed by atoms with Gasteiger partial charge in [-0.25, -0.2) is 0 Å². The van der Waals surface area contributed by atoms with Crippen molar-refractivity contribution < 1.29 is 4.74 Å². The zero-order valence-electron chi connectivity index (χ0n) is 11.1. The highest BCUT2D eigenvalue weighted by Crippen LogP contribution is 2.44. The maximum atomic E-state index is 5.75. The topological polar surface area (TPSA) is 47.3 Å². The summed E-state index contributed by atoms with van der Waals surface area (Å²) in [5.41, 5.74) is 9.12. The average molecular weight is 234 g/mol. The molecule has 0 saturated heterocycles. The lowest BCUT2D eigenvalue weighted by molar-refractivity contribution is -0.0794. The molecule has 2 unspecified atom stereocenters. The number of nitrogen functional groups attached to an aromatic ring is 1. The third-order valence-electron chi connectivity index (χ3n) is 4.04. The molecular weight excluding hydrogens is 212 g/mol. The average Bonchev–Trinajstić information content (AvgIpc) is 2.26. The van der Waals surface area contributed by atoms with Gasteiger partial charge in [0.15, 0.2) is 0 Å². The quantitative estimate of drug-likeness (QED) is 0.791. The number of benzene rings is 1. The molecule has 1 aliphatic carbocycles. The number of hydrogen-bond acceptors (Lipinski definition) is 3. The number of hydrogen-bond donors (Lipinski definition) is 2. The Kier molecular flexibility index (Phi) is 3.04. The molecule has 0 amide bonds. The van der Waals surface area contributed by atoms with Gasteiger partial charge in [0.1, 0.15) is 0 Å². The van der Waals surface area contributed by atoms with Crippen LogP contribution in [0.15, 0.2) is 18.2 Å². The van der Waals surface area contributed by atoms with E-state index in [2.05, 4.69) is 32.2 Å². The van der Waals surface area contributed by atoms with E-state index in [1.165, 1.54) is 11.3 Å². The maximum Gasteiger partial charge on any atom is 0.0661 e. The largest absolute Gasteiger partial charge is 0.399 e. The summed E-state index contributed by atoms with van der Waals surface area (Å²) in [7, 11) is 1.79. The number of nitrogens with one attached hydrogen (secondary N) is 1. The Morgan fingerprint density at radius 2 is 2.12 bits per heavy atom. The molecule has 2 rings (SSSR count). The Hall–Kier alpha value is -1.22. The van der Waals surface area contributed by atoms with Crippen molar-refractivity contribution in [1.29, 1.82) is 0 Å². The second-order valence-electron chi connectivity index (χ2n) is 5.55. The van der Waals surface area contributed by atoms with E-state index in [0.29, 0.717) is 12.1 Å². The van der Waals surface area contributed by atoms with Crippen LogP contribution < -0.4 is 11.1 Å². The minimum absolute atomic E-state index is 0.183. The van der Waals surface area contributed by atoms with E-state index in [-0.39, 0.29) is 5.41 Å². The molecule has 0 bridgehead atoms. The van der Waals surface area contributed by atoms with Gasteiger partial charge in [0.2, 0.25) is 0 Å². The first-order valence-corrected chi connectivity index (χ1v) is 6.10. The number of rotatable bonds is 3. The van der Waals surface area contributed by atoms with E-state index in [1.54, 1.807) is 7.11 Å². The van der Waals surface area contributed by atoms with Crippen LogP contribution in [-0.2, 0) is 4.74 Å². The van der Waals surface area contributed by atoms with Crippen molar-refractivity contribution in [2.45, 2.75) is 39.3 Å². The summed E-state index contributed by atoms with van der Waals surface area (Å²) in [4.78, 5) is 0. The van der Waals surface area contributed by atoms with E-state index in [4.69, 9.17) is 10.5 Å². The molecule has 0 aromatic heterocycles. The molecule has 0 spiro atoms. The van der Waals surface area contributed by atoms with E-state index in [9.17, 15) is 0 Å². The molecule has 3 N–H and O–H groups in total. The first-order chi connectivity index (χ1) is 7.95. The summed E-state index contributed by atoms with van der Waals surface area (Å²) in [5.74, 6) is 0. The summed E-state index contributed by atoms with van der Waals surface area (Å²) in [6.45, 7) is 6.57. The van der Waals surface area contributed by atoms with Crippen LogP contribution in [0.3, 0.4) is 0 Å². The minimum atomic E-state index is 0.183. The van der Waals surface area contributed by atoms with Gasteiger partial charge in [0.25, 0.3) is 0 Å². The van der Waals surface area contributed by atoms with Gasteiger partial charge >= 0.3 is 0 Å². The smallest absolute Gasteiger partial charge is 0.0661 e. The third kappa shape index (κ3) is 2.12. The Morgan fingerprint density at radius 1 is 1.41 bits per heavy atom. The van der Waals surface area contributed by atoms with Crippen LogP contribution in [0.2, 0.25) is 0 Å². The van der Waals surface area contributed by atoms with Crippen molar-refractivity contribution in [3.05, 3.63) is 23.8 Å². The van der Waals surface area contributed by atoms with Crippen molar-refractivity contribution >= 4 is 11.4 Å². The molecular formula is C14H22N2O. The molecule has 0 heterocycles. The molecule has 3 nitrogen and oxygen atoms in total. The van der Waals surface area contributed by atoms with Crippen molar-refractivity contribution in [2.75, 3.05) is 18.2 Å². The molecule has 0 radical (unpaired) electrons. The van der Waals surface area contributed by atoms with Crippen LogP contribution >= 0.6 is 0 Å². The fourth-order valence-electron chi connectivity index (χ4n) is 2.57. The molecule has 1 saturated carbocycles. The molecule has 1 aromatic carbocycles. The Balaban J connectivity index is 2.08. The highest BCUT2D eigenvalue weighted by molar-refractivity contribution is 5.58. The van der Waals surface area contributed by atoms with Gasteiger partial charge in [0.05, 0.1) is 6.10 Å². The summed E-state index contributed by atoms with van der Waals surface area (Å²) in [6.07, 6.45) is 1.42. The molecule has 1 fully saturated rings. The molecule has 94 valence electrons. The van der Waals surface area contributed by atoms with Gasteiger partial charge in [-0.3, -0.25) is 0 Å². The summed E-state index contributed by atoms with van der Waals surface area (Å²) in [6, 6.07) is 6.46. The van der Waals surface area contributed by atoms with Crippen LogP contribution in [0.5, 0.6) is 0 Å². The number of nitrogens with two attached hydrogens (primary N) is 1. The first kappa shape index (κ1) is 12.2. The third-order valence-corrected chi connectivity index (χ3v) is 4.04. The fourth-order valence-corrected chi connectivity index (χ4v) is 2.57. The summed E-state index contributed by atoms with van der Waals surface area (Å²) in [5, 5.41) is 3.59. The number of methoxy groups -OCH3 is 1. The lowest BCUT2D eigenvalue weighted by Gasteiger charge is -2.51. The summed E-state index contributed by atoms with van der Waals surface area (Å²) < 4.78 is 5.46. The predicted molar refractivity (Wildman–Crippen MR) is 72.2 cm³/mol. The first-order valence-electron chi connectivity index (χ1n) is 6.10. The zero-order valence-corrected chi connectivity index (χ0v) is 11.1. The number of aryl methyl sites for hydroxylation is 1. The SMILES string of the molecule is COC1CC(Nc2ccc(N)cc2C)C1(C)C. The number of anilines is 2. The number of ether oxygens (including phenoxy) is 1. The van der Waals surface area contributed by atoms with Crippen LogP contribution in [0, 0.1) is 12.3 Å².